The monoisotopic (exact) mass is 346 g/mol. The van der Waals surface area contributed by atoms with E-state index in [1.807, 2.05) is 6.07 Å². The molecule has 0 spiro atoms. The van der Waals surface area contributed by atoms with Crippen LogP contribution >= 0.6 is 11.3 Å². The highest BCUT2D eigenvalue weighted by Crippen LogP contribution is 2.29. The summed E-state index contributed by atoms with van der Waals surface area (Å²) in [6.45, 7) is 1.09. The fourth-order valence-electron chi connectivity index (χ4n) is 2.27. The Morgan fingerprint density at radius 3 is 2.88 bits per heavy atom. The number of hydrogen-bond donors (Lipinski definition) is 3. The van der Waals surface area contributed by atoms with Gasteiger partial charge >= 0.3 is 0 Å². The number of rotatable bonds is 5. The van der Waals surface area contributed by atoms with Crippen LogP contribution in [0.1, 0.15) is 6.92 Å². The van der Waals surface area contributed by atoms with Crippen LogP contribution in [0, 0.1) is 0 Å². The van der Waals surface area contributed by atoms with Gasteiger partial charge in [0, 0.05) is 18.7 Å². The first kappa shape index (κ1) is 16.1. The summed E-state index contributed by atoms with van der Waals surface area (Å²) in [6, 6.07) is 5.30. The summed E-state index contributed by atoms with van der Waals surface area (Å²) in [4.78, 5) is 40.2. The Bertz CT molecular complexity index is 873. The van der Waals surface area contributed by atoms with Gasteiger partial charge < -0.3 is 15.7 Å². The molecule has 3 rings (SSSR count). The Hall–Kier alpha value is -2.78. The average Bonchev–Trinajstić information content (AvgIpc) is 3.02. The topological polar surface area (TPSA) is 112 Å². The van der Waals surface area contributed by atoms with Gasteiger partial charge in [-0.3, -0.25) is 19.3 Å². The zero-order valence-corrected chi connectivity index (χ0v) is 13.5. The maximum absolute atomic E-state index is 12.1. The third kappa shape index (κ3) is 3.12. The highest BCUT2D eigenvalue weighted by Gasteiger charge is 2.30. The van der Waals surface area contributed by atoms with Gasteiger partial charge in [-0.25, -0.2) is 4.98 Å². The van der Waals surface area contributed by atoms with Gasteiger partial charge in [0.1, 0.15) is 5.70 Å². The number of hydrogen-bond acceptors (Lipinski definition) is 7. The second kappa shape index (κ2) is 6.38. The van der Waals surface area contributed by atoms with E-state index < -0.39 is 11.8 Å². The Balaban J connectivity index is 1.80. The number of β-amino-alcohol motifs (C(OH)–C–C–N with tert-alkyl or cyclic N) is 1. The molecule has 3 amide bonds. The van der Waals surface area contributed by atoms with Crippen molar-refractivity contribution in [3.8, 4) is 0 Å². The SMILES string of the molecule is CC(=O)Nc1nc2cc(NC3=CC(=O)N(CCO)C3=O)ccc2s1. The van der Waals surface area contributed by atoms with Gasteiger partial charge in [0.15, 0.2) is 5.13 Å². The van der Waals surface area contributed by atoms with Crippen molar-refractivity contribution in [2.45, 2.75) is 6.92 Å². The summed E-state index contributed by atoms with van der Waals surface area (Å²) >= 11 is 1.34. The first-order valence-corrected chi connectivity index (χ1v) is 7.93. The van der Waals surface area contributed by atoms with Gasteiger partial charge in [-0.15, -0.1) is 0 Å². The van der Waals surface area contributed by atoms with Gasteiger partial charge in [0.25, 0.3) is 11.8 Å². The molecule has 0 atom stereocenters. The Labute approximate surface area is 140 Å². The molecule has 0 fully saturated rings. The molecule has 2 heterocycles. The minimum atomic E-state index is -0.480. The van der Waals surface area contributed by atoms with Crippen molar-refractivity contribution in [1.82, 2.24) is 9.88 Å². The lowest BCUT2D eigenvalue weighted by molar-refractivity contribution is -0.137. The lowest BCUT2D eigenvalue weighted by Gasteiger charge is -2.13. The average molecular weight is 346 g/mol. The van der Waals surface area contributed by atoms with Crippen molar-refractivity contribution in [3.05, 3.63) is 30.0 Å². The number of nitrogens with zero attached hydrogens (tertiary/aromatic N) is 2. The molecule has 8 nitrogen and oxygen atoms in total. The molecular weight excluding hydrogens is 332 g/mol. The normalized spacial score (nSPS) is 14.2. The molecule has 1 aromatic carbocycles. The number of imide groups is 1. The summed E-state index contributed by atoms with van der Waals surface area (Å²) in [5.41, 5.74) is 1.41. The fraction of sp³-hybridized carbons (Fsp3) is 0.200. The van der Waals surface area contributed by atoms with Crippen molar-refractivity contribution in [2.24, 2.45) is 0 Å². The third-order valence-electron chi connectivity index (χ3n) is 3.28. The molecule has 1 aliphatic rings. The van der Waals surface area contributed by atoms with E-state index in [0.29, 0.717) is 16.3 Å². The Morgan fingerprint density at radius 2 is 2.17 bits per heavy atom. The largest absolute Gasteiger partial charge is 0.395 e. The second-order valence-corrected chi connectivity index (χ2v) is 6.12. The first-order chi connectivity index (χ1) is 11.5. The quantitative estimate of drug-likeness (QED) is 0.694. The summed E-state index contributed by atoms with van der Waals surface area (Å²) in [6.07, 6.45) is 1.20. The lowest BCUT2D eigenvalue weighted by Crippen LogP contribution is -2.34. The van der Waals surface area contributed by atoms with Crippen LogP contribution in [0.3, 0.4) is 0 Å². The molecule has 3 N–H and O–H groups in total. The van der Waals surface area contributed by atoms with E-state index >= 15 is 0 Å². The molecule has 1 aliphatic heterocycles. The molecular formula is C15H14N4O4S. The van der Waals surface area contributed by atoms with Crippen LogP contribution in [-0.4, -0.2) is 45.9 Å². The Morgan fingerprint density at radius 1 is 1.38 bits per heavy atom. The maximum atomic E-state index is 12.1. The standard InChI is InChI=1S/C15H14N4O4S/c1-8(21)16-15-18-10-6-9(2-3-12(10)24-15)17-11-7-13(22)19(4-5-20)14(11)23/h2-3,6-7,17,20H,4-5H2,1H3,(H,16,18,21). The van der Waals surface area contributed by atoms with E-state index in [-0.39, 0.29) is 24.8 Å². The molecule has 124 valence electrons. The van der Waals surface area contributed by atoms with Gasteiger partial charge in [-0.1, -0.05) is 11.3 Å². The number of carbonyl (C=O) groups excluding carboxylic acids is 3. The number of aromatic nitrogens is 1. The number of anilines is 2. The lowest BCUT2D eigenvalue weighted by atomic mass is 10.3. The molecule has 0 saturated heterocycles. The van der Waals surface area contributed by atoms with Gasteiger partial charge in [-0.2, -0.15) is 0 Å². The van der Waals surface area contributed by atoms with Crippen LogP contribution in [-0.2, 0) is 14.4 Å². The molecule has 0 unspecified atom stereocenters. The van der Waals surface area contributed by atoms with E-state index in [1.165, 1.54) is 24.3 Å². The van der Waals surface area contributed by atoms with Crippen LogP contribution in [0.15, 0.2) is 30.0 Å². The van der Waals surface area contributed by atoms with Crippen LogP contribution in [0.4, 0.5) is 10.8 Å². The Kier molecular flexibility index (Phi) is 4.28. The number of aliphatic hydroxyl groups is 1. The summed E-state index contributed by atoms with van der Waals surface area (Å²) in [5.74, 6) is -1.14. The number of fused-ring (bicyclic) bond motifs is 1. The minimum absolute atomic E-state index is 0.0372. The number of aliphatic hydroxyl groups excluding tert-OH is 1. The van der Waals surface area contributed by atoms with Gasteiger partial charge in [0.05, 0.1) is 23.4 Å². The summed E-state index contributed by atoms with van der Waals surface area (Å²) in [5, 5.41) is 14.9. The van der Waals surface area contributed by atoms with Crippen molar-refractivity contribution in [3.63, 3.8) is 0 Å². The summed E-state index contributed by atoms with van der Waals surface area (Å²) < 4.78 is 0.883. The molecule has 0 aliphatic carbocycles. The van der Waals surface area contributed by atoms with Gasteiger partial charge in [0.2, 0.25) is 5.91 Å². The fourth-order valence-corrected chi connectivity index (χ4v) is 3.17. The van der Waals surface area contributed by atoms with E-state index in [1.54, 1.807) is 12.1 Å². The molecule has 24 heavy (non-hydrogen) atoms. The van der Waals surface area contributed by atoms with Crippen LogP contribution in [0.2, 0.25) is 0 Å². The van der Waals surface area contributed by atoms with Crippen molar-refractivity contribution >= 4 is 50.1 Å². The molecule has 0 radical (unpaired) electrons. The van der Waals surface area contributed by atoms with E-state index in [0.717, 1.165) is 9.60 Å². The third-order valence-corrected chi connectivity index (χ3v) is 4.23. The number of nitrogens with one attached hydrogen (secondary N) is 2. The van der Waals surface area contributed by atoms with E-state index in [4.69, 9.17) is 5.11 Å². The summed E-state index contributed by atoms with van der Waals surface area (Å²) in [7, 11) is 0. The number of thiazole rings is 1. The second-order valence-electron chi connectivity index (χ2n) is 5.08. The van der Waals surface area contributed by atoms with E-state index in [2.05, 4.69) is 15.6 Å². The predicted octanol–water partition coefficient (Wildman–Crippen LogP) is 0.912. The zero-order chi connectivity index (χ0) is 17.3. The number of carbonyl (C=O) groups is 3. The van der Waals surface area contributed by atoms with Crippen molar-refractivity contribution in [2.75, 3.05) is 23.8 Å². The number of benzene rings is 1. The minimum Gasteiger partial charge on any atom is -0.395 e. The van der Waals surface area contributed by atoms with Crippen molar-refractivity contribution in [1.29, 1.82) is 0 Å². The van der Waals surface area contributed by atoms with Crippen LogP contribution in [0.5, 0.6) is 0 Å². The molecule has 0 bridgehead atoms. The van der Waals surface area contributed by atoms with E-state index in [9.17, 15) is 14.4 Å². The smallest absolute Gasteiger partial charge is 0.277 e. The first-order valence-electron chi connectivity index (χ1n) is 7.11. The zero-order valence-electron chi connectivity index (χ0n) is 12.7. The van der Waals surface area contributed by atoms with Crippen LogP contribution in [0.25, 0.3) is 10.2 Å². The molecule has 9 heteroatoms. The molecule has 1 aromatic heterocycles. The highest BCUT2D eigenvalue weighted by atomic mass is 32.1. The van der Waals surface area contributed by atoms with Gasteiger partial charge in [-0.05, 0) is 18.2 Å². The van der Waals surface area contributed by atoms with Crippen molar-refractivity contribution < 1.29 is 19.5 Å². The van der Waals surface area contributed by atoms with Crippen LogP contribution < -0.4 is 10.6 Å². The number of amides is 3. The maximum Gasteiger partial charge on any atom is 0.277 e. The molecule has 0 saturated carbocycles. The predicted molar refractivity (Wildman–Crippen MR) is 89.4 cm³/mol. The molecule has 2 aromatic rings. The highest BCUT2D eigenvalue weighted by molar-refractivity contribution is 7.22.